The molecule has 0 atom stereocenters. The van der Waals surface area contributed by atoms with Gasteiger partial charge in [-0.15, -0.1) is 0 Å². The van der Waals surface area contributed by atoms with Crippen LogP contribution in [0.5, 0.6) is 0 Å². The van der Waals surface area contributed by atoms with Crippen molar-refractivity contribution in [1.29, 1.82) is 0 Å². The summed E-state index contributed by atoms with van der Waals surface area (Å²) in [7, 11) is 0. The normalized spacial score (nSPS) is 14.6. The molecular formula is C12H12F3N3O2. The number of carbonyl (C=O) groups is 2. The van der Waals surface area contributed by atoms with Crippen molar-refractivity contribution in [2.75, 3.05) is 25.0 Å². The molecular weight excluding hydrogens is 275 g/mol. The molecule has 0 bridgehead atoms. The van der Waals surface area contributed by atoms with Gasteiger partial charge in [0.05, 0.1) is 18.2 Å². The second kappa shape index (κ2) is 5.91. The largest absolute Gasteiger partial charge is 0.347 e. The number of carbonyl (C=O) groups excluding carboxylic acids is 2. The predicted octanol–water partition coefficient (Wildman–Crippen LogP) is 0.378. The molecule has 20 heavy (non-hydrogen) atoms. The Morgan fingerprint density at radius 2 is 1.90 bits per heavy atom. The van der Waals surface area contributed by atoms with Crippen molar-refractivity contribution in [3.8, 4) is 0 Å². The smallest absolute Gasteiger partial charge is 0.243 e. The minimum atomic E-state index is -1.66. The summed E-state index contributed by atoms with van der Waals surface area (Å²) in [4.78, 5) is 22.9. The quantitative estimate of drug-likeness (QED) is 0.701. The highest BCUT2D eigenvalue weighted by Gasteiger charge is 2.25. The van der Waals surface area contributed by atoms with Gasteiger partial charge < -0.3 is 16.0 Å². The standard InChI is InChI=1S/C12H12F3N3O2/c13-7-1-2-8(11(15)10(7)14)18-9(19)5-17-12(20)6-3-16-4-6/h1-2,6,16H,3-5H2,(H,17,20)(H,18,19). The lowest BCUT2D eigenvalue weighted by Crippen LogP contribution is -2.51. The molecule has 0 saturated carbocycles. The van der Waals surface area contributed by atoms with Gasteiger partial charge in [0, 0.05) is 13.1 Å². The van der Waals surface area contributed by atoms with E-state index in [-0.39, 0.29) is 18.4 Å². The molecule has 0 aliphatic carbocycles. The zero-order valence-corrected chi connectivity index (χ0v) is 10.3. The zero-order chi connectivity index (χ0) is 14.7. The summed E-state index contributed by atoms with van der Waals surface area (Å²) in [6.07, 6.45) is 0. The van der Waals surface area contributed by atoms with Gasteiger partial charge in [0.1, 0.15) is 0 Å². The van der Waals surface area contributed by atoms with Crippen LogP contribution >= 0.6 is 0 Å². The van der Waals surface area contributed by atoms with Crippen LogP contribution in [0.4, 0.5) is 18.9 Å². The number of hydrogen-bond donors (Lipinski definition) is 3. The van der Waals surface area contributed by atoms with Gasteiger partial charge in [0.15, 0.2) is 17.5 Å². The highest BCUT2D eigenvalue weighted by molar-refractivity contribution is 5.95. The van der Waals surface area contributed by atoms with Gasteiger partial charge in [-0.3, -0.25) is 9.59 Å². The number of halogens is 3. The third kappa shape index (κ3) is 3.08. The average molecular weight is 287 g/mol. The average Bonchev–Trinajstić information content (AvgIpc) is 2.35. The van der Waals surface area contributed by atoms with E-state index >= 15 is 0 Å². The van der Waals surface area contributed by atoms with E-state index in [1.54, 1.807) is 0 Å². The fourth-order valence-electron chi connectivity index (χ4n) is 1.60. The lowest BCUT2D eigenvalue weighted by Gasteiger charge is -2.25. The van der Waals surface area contributed by atoms with Crippen molar-refractivity contribution in [2.45, 2.75) is 0 Å². The summed E-state index contributed by atoms with van der Waals surface area (Å²) >= 11 is 0. The molecule has 1 aliphatic heterocycles. The van der Waals surface area contributed by atoms with Crippen LogP contribution in [0, 0.1) is 23.4 Å². The first-order valence-corrected chi connectivity index (χ1v) is 5.91. The van der Waals surface area contributed by atoms with Crippen LogP contribution in [0.2, 0.25) is 0 Å². The van der Waals surface area contributed by atoms with Crippen molar-refractivity contribution in [1.82, 2.24) is 10.6 Å². The molecule has 0 radical (unpaired) electrons. The minimum absolute atomic E-state index is 0.178. The number of benzene rings is 1. The summed E-state index contributed by atoms with van der Waals surface area (Å²) < 4.78 is 38.9. The third-order valence-corrected chi connectivity index (χ3v) is 2.88. The SMILES string of the molecule is O=C(CNC(=O)C1CNC1)Nc1ccc(F)c(F)c1F. The van der Waals surface area contributed by atoms with E-state index in [9.17, 15) is 22.8 Å². The van der Waals surface area contributed by atoms with Gasteiger partial charge in [-0.25, -0.2) is 13.2 Å². The summed E-state index contributed by atoms with van der Waals surface area (Å²) in [5, 5.41) is 7.33. The van der Waals surface area contributed by atoms with E-state index < -0.39 is 29.0 Å². The van der Waals surface area contributed by atoms with Crippen molar-refractivity contribution >= 4 is 17.5 Å². The number of amides is 2. The number of nitrogens with one attached hydrogen (secondary N) is 3. The topological polar surface area (TPSA) is 70.2 Å². The minimum Gasteiger partial charge on any atom is -0.347 e. The van der Waals surface area contributed by atoms with Gasteiger partial charge in [-0.2, -0.15) is 0 Å². The van der Waals surface area contributed by atoms with Crippen molar-refractivity contribution in [2.24, 2.45) is 5.92 Å². The molecule has 8 heteroatoms. The lowest BCUT2D eigenvalue weighted by atomic mass is 10.0. The highest BCUT2D eigenvalue weighted by atomic mass is 19.2. The number of hydrogen-bond acceptors (Lipinski definition) is 3. The van der Waals surface area contributed by atoms with Gasteiger partial charge in [0.25, 0.3) is 0 Å². The van der Waals surface area contributed by atoms with Crippen LogP contribution in [0.15, 0.2) is 12.1 Å². The Kier molecular flexibility index (Phi) is 4.23. The van der Waals surface area contributed by atoms with Crippen LogP contribution in [-0.2, 0) is 9.59 Å². The molecule has 1 aromatic rings. The Labute approximate surface area is 112 Å². The lowest BCUT2D eigenvalue weighted by molar-refractivity contribution is -0.128. The summed E-state index contributed by atoms with van der Waals surface area (Å²) in [6, 6.07) is 1.61. The summed E-state index contributed by atoms with van der Waals surface area (Å²) in [5.41, 5.74) is -0.478. The molecule has 1 heterocycles. The molecule has 2 amide bonds. The fourth-order valence-corrected chi connectivity index (χ4v) is 1.60. The molecule has 1 aliphatic rings. The number of anilines is 1. The first kappa shape index (κ1) is 14.3. The van der Waals surface area contributed by atoms with Crippen LogP contribution in [0.1, 0.15) is 0 Å². The van der Waals surface area contributed by atoms with Crippen LogP contribution in [0.25, 0.3) is 0 Å². The third-order valence-electron chi connectivity index (χ3n) is 2.88. The second-order valence-corrected chi connectivity index (χ2v) is 4.34. The Bertz CT molecular complexity index is 547. The molecule has 3 N–H and O–H groups in total. The molecule has 0 unspecified atom stereocenters. The Balaban J connectivity index is 1.88. The fraction of sp³-hybridized carbons (Fsp3) is 0.333. The first-order chi connectivity index (χ1) is 9.49. The van der Waals surface area contributed by atoms with Gasteiger partial charge >= 0.3 is 0 Å². The van der Waals surface area contributed by atoms with E-state index in [0.717, 1.165) is 6.07 Å². The summed E-state index contributed by atoms with van der Waals surface area (Å²) in [6.45, 7) is 0.726. The molecule has 108 valence electrons. The van der Waals surface area contributed by atoms with Crippen LogP contribution in [0.3, 0.4) is 0 Å². The van der Waals surface area contributed by atoms with Crippen LogP contribution in [-0.4, -0.2) is 31.4 Å². The van der Waals surface area contributed by atoms with E-state index in [1.165, 1.54) is 0 Å². The maximum Gasteiger partial charge on any atom is 0.243 e. The van der Waals surface area contributed by atoms with Gasteiger partial charge in [-0.05, 0) is 12.1 Å². The molecule has 1 aromatic carbocycles. The van der Waals surface area contributed by atoms with E-state index in [4.69, 9.17) is 0 Å². The zero-order valence-electron chi connectivity index (χ0n) is 10.3. The molecule has 0 aromatic heterocycles. The highest BCUT2D eigenvalue weighted by Crippen LogP contribution is 2.19. The molecule has 1 fully saturated rings. The van der Waals surface area contributed by atoms with Crippen molar-refractivity contribution in [3.05, 3.63) is 29.6 Å². The maximum atomic E-state index is 13.3. The van der Waals surface area contributed by atoms with E-state index in [1.807, 2.05) is 0 Å². The predicted molar refractivity (Wildman–Crippen MR) is 64.3 cm³/mol. The Morgan fingerprint density at radius 1 is 1.20 bits per heavy atom. The van der Waals surface area contributed by atoms with Crippen molar-refractivity contribution < 1.29 is 22.8 Å². The molecule has 1 saturated heterocycles. The van der Waals surface area contributed by atoms with E-state index in [2.05, 4.69) is 16.0 Å². The Hall–Kier alpha value is -2.09. The van der Waals surface area contributed by atoms with Gasteiger partial charge in [0.2, 0.25) is 11.8 Å². The maximum absolute atomic E-state index is 13.3. The van der Waals surface area contributed by atoms with E-state index in [0.29, 0.717) is 19.2 Å². The monoisotopic (exact) mass is 287 g/mol. The van der Waals surface area contributed by atoms with Crippen molar-refractivity contribution in [3.63, 3.8) is 0 Å². The molecule has 0 spiro atoms. The summed E-state index contributed by atoms with van der Waals surface area (Å²) in [5.74, 6) is -5.67. The number of rotatable bonds is 4. The second-order valence-electron chi connectivity index (χ2n) is 4.34. The molecule has 5 nitrogen and oxygen atoms in total. The molecule has 2 rings (SSSR count). The van der Waals surface area contributed by atoms with Crippen LogP contribution < -0.4 is 16.0 Å². The van der Waals surface area contributed by atoms with Gasteiger partial charge in [-0.1, -0.05) is 0 Å². The first-order valence-electron chi connectivity index (χ1n) is 5.91. The Morgan fingerprint density at radius 3 is 2.50 bits per heavy atom.